The Morgan fingerprint density at radius 3 is 2.33 bits per heavy atom. The Kier molecular flexibility index (Phi) is 5.00. The van der Waals surface area contributed by atoms with E-state index in [9.17, 15) is 9.59 Å². The van der Waals surface area contributed by atoms with Crippen molar-refractivity contribution in [1.29, 1.82) is 0 Å². The van der Waals surface area contributed by atoms with Crippen LogP contribution in [0.15, 0.2) is 42.5 Å². The summed E-state index contributed by atoms with van der Waals surface area (Å²) < 4.78 is 5.30. The van der Waals surface area contributed by atoms with Crippen LogP contribution in [0.3, 0.4) is 0 Å². The lowest BCUT2D eigenvalue weighted by Gasteiger charge is -2.44. The summed E-state index contributed by atoms with van der Waals surface area (Å²) in [6, 6.07) is 13.8. The molecular formula is C21H21ClN2O3. The SMILES string of the molecule is CCc1cc(-c2ccccc2)cc(Cl)c1C1C(=O)N(N2CCOCC2)C1=O. The molecule has 140 valence electrons. The topological polar surface area (TPSA) is 49.9 Å². The molecule has 0 aromatic heterocycles. The number of hydrazine groups is 1. The molecular weight excluding hydrogens is 364 g/mol. The molecule has 0 N–H and O–H groups in total. The molecule has 0 radical (unpaired) electrons. The maximum atomic E-state index is 12.8. The predicted molar refractivity (Wildman–Crippen MR) is 103 cm³/mol. The maximum Gasteiger partial charge on any atom is 0.261 e. The maximum absolute atomic E-state index is 12.8. The number of hydrogen-bond donors (Lipinski definition) is 0. The second-order valence-electron chi connectivity index (χ2n) is 6.74. The Balaban J connectivity index is 1.66. The number of carbonyl (C=O) groups is 2. The van der Waals surface area contributed by atoms with Gasteiger partial charge in [0, 0.05) is 18.1 Å². The fourth-order valence-electron chi connectivity index (χ4n) is 3.76. The van der Waals surface area contributed by atoms with E-state index in [1.54, 1.807) is 5.01 Å². The fourth-order valence-corrected chi connectivity index (χ4v) is 4.11. The van der Waals surface area contributed by atoms with Crippen molar-refractivity contribution in [3.63, 3.8) is 0 Å². The molecule has 2 aromatic rings. The molecule has 27 heavy (non-hydrogen) atoms. The van der Waals surface area contributed by atoms with E-state index in [0.29, 0.717) is 43.3 Å². The summed E-state index contributed by atoms with van der Waals surface area (Å²) in [4.78, 5) is 25.6. The summed E-state index contributed by atoms with van der Waals surface area (Å²) in [7, 11) is 0. The van der Waals surface area contributed by atoms with Gasteiger partial charge in [-0.05, 0) is 34.7 Å². The monoisotopic (exact) mass is 384 g/mol. The molecule has 2 aliphatic rings. The fraction of sp³-hybridized carbons (Fsp3) is 0.333. The van der Waals surface area contributed by atoms with E-state index < -0.39 is 5.92 Å². The Hall–Kier alpha value is -2.21. The van der Waals surface area contributed by atoms with Crippen LogP contribution in [0.4, 0.5) is 0 Å². The van der Waals surface area contributed by atoms with Gasteiger partial charge in [-0.25, -0.2) is 10.0 Å². The first-order chi connectivity index (χ1) is 13.1. The lowest BCUT2D eigenvalue weighted by molar-refractivity contribution is -0.188. The molecule has 0 bridgehead atoms. The summed E-state index contributed by atoms with van der Waals surface area (Å²) >= 11 is 6.58. The van der Waals surface area contributed by atoms with Crippen molar-refractivity contribution in [2.45, 2.75) is 19.3 Å². The van der Waals surface area contributed by atoms with Gasteiger partial charge in [0.25, 0.3) is 11.8 Å². The normalized spacial score (nSPS) is 18.7. The van der Waals surface area contributed by atoms with Crippen LogP contribution in [0.1, 0.15) is 24.0 Å². The van der Waals surface area contributed by atoms with Gasteiger partial charge >= 0.3 is 0 Å². The Morgan fingerprint density at radius 2 is 1.70 bits per heavy atom. The van der Waals surface area contributed by atoms with E-state index in [1.807, 2.05) is 49.4 Å². The molecule has 2 aliphatic heterocycles. The standard InChI is InChI=1S/C21H21ClN2O3/c1-2-14-12-16(15-6-4-3-5-7-15)13-17(22)18(14)19-20(25)24(21(19)26)23-8-10-27-11-9-23/h3-7,12-13,19H,2,8-11H2,1H3. The molecule has 0 saturated carbocycles. The summed E-state index contributed by atoms with van der Waals surface area (Å²) in [6.45, 7) is 4.15. The van der Waals surface area contributed by atoms with E-state index in [4.69, 9.17) is 16.3 Å². The molecule has 0 atom stereocenters. The van der Waals surface area contributed by atoms with Crippen molar-refractivity contribution in [2.24, 2.45) is 0 Å². The zero-order valence-corrected chi connectivity index (χ0v) is 15.9. The number of aryl methyl sites for hydroxylation is 1. The lowest BCUT2D eigenvalue weighted by atomic mass is 9.84. The average molecular weight is 385 g/mol. The highest BCUT2D eigenvalue weighted by Crippen LogP contribution is 2.40. The van der Waals surface area contributed by atoms with Crippen molar-refractivity contribution in [3.05, 3.63) is 58.6 Å². The van der Waals surface area contributed by atoms with E-state index in [1.165, 1.54) is 5.01 Å². The highest BCUT2D eigenvalue weighted by atomic mass is 35.5. The second-order valence-corrected chi connectivity index (χ2v) is 7.14. The number of rotatable bonds is 4. The van der Waals surface area contributed by atoms with Crippen LogP contribution in [0.5, 0.6) is 0 Å². The summed E-state index contributed by atoms with van der Waals surface area (Å²) in [5, 5.41) is 3.50. The quantitative estimate of drug-likeness (QED) is 0.599. The number of β-lactam (4-membered cyclic amide) rings is 2. The molecule has 5 nitrogen and oxygen atoms in total. The van der Waals surface area contributed by atoms with Gasteiger partial charge in [0.05, 0.1) is 13.2 Å². The van der Waals surface area contributed by atoms with Crippen molar-refractivity contribution >= 4 is 23.4 Å². The molecule has 6 heteroatoms. The number of benzene rings is 2. The van der Waals surface area contributed by atoms with Crippen LogP contribution in [0.25, 0.3) is 11.1 Å². The number of nitrogens with zero attached hydrogens (tertiary/aromatic N) is 2. The number of morpholine rings is 1. The van der Waals surface area contributed by atoms with Crippen molar-refractivity contribution in [2.75, 3.05) is 26.3 Å². The van der Waals surface area contributed by atoms with Crippen LogP contribution in [-0.4, -0.2) is 48.1 Å². The summed E-state index contributed by atoms with van der Waals surface area (Å²) in [5.41, 5.74) is 3.64. The minimum absolute atomic E-state index is 0.203. The molecule has 2 fully saturated rings. The highest BCUT2D eigenvalue weighted by molar-refractivity contribution is 6.33. The van der Waals surface area contributed by atoms with E-state index >= 15 is 0 Å². The van der Waals surface area contributed by atoms with Gasteiger partial charge in [-0.3, -0.25) is 9.59 Å². The first-order valence-electron chi connectivity index (χ1n) is 9.20. The van der Waals surface area contributed by atoms with Crippen LogP contribution >= 0.6 is 11.6 Å². The number of halogens is 1. The van der Waals surface area contributed by atoms with Crippen LogP contribution < -0.4 is 0 Å². The van der Waals surface area contributed by atoms with Gasteiger partial charge in [0.2, 0.25) is 0 Å². The van der Waals surface area contributed by atoms with E-state index in [2.05, 4.69) is 0 Å². The number of ether oxygens (including phenoxy) is 1. The number of amides is 2. The zero-order chi connectivity index (χ0) is 19.0. The van der Waals surface area contributed by atoms with Gasteiger partial charge in [-0.15, -0.1) is 0 Å². The third-order valence-corrected chi connectivity index (χ3v) is 5.49. The largest absolute Gasteiger partial charge is 0.379 e. The Labute approximate surface area is 163 Å². The predicted octanol–water partition coefficient (Wildman–Crippen LogP) is 3.27. The first-order valence-corrected chi connectivity index (χ1v) is 9.57. The molecule has 0 unspecified atom stereocenters. The minimum atomic E-state index is -0.805. The molecule has 0 spiro atoms. The average Bonchev–Trinajstić information content (AvgIpc) is 2.71. The molecule has 2 saturated heterocycles. The van der Waals surface area contributed by atoms with Gasteiger partial charge < -0.3 is 4.74 Å². The van der Waals surface area contributed by atoms with Crippen molar-refractivity contribution in [1.82, 2.24) is 10.0 Å². The first kappa shape index (κ1) is 18.2. The minimum Gasteiger partial charge on any atom is -0.379 e. The number of carbonyl (C=O) groups excluding carboxylic acids is 2. The molecule has 2 aromatic carbocycles. The second kappa shape index (κ2) is 7.43. The molecule has 0 aliphatic carbocycles. The molecule has 2 heterocycles. The summed E-state index contributed by atoms with van der Waals surface area (Å²) in [5.74, 6) is -1.21. The molecule has 4 rings (SSSR count). The third kappa shape index (κ3) is 3.16. The summed E-state index contributed by atoms with van der Waals surface area (Å²) in [6.07, 6.45) is 0.699. The van der Waals surface area contributed by atoms with Gasteiger partial charge in [-0.2, -0.15) is 0 Å². The number of hydrogen-bond acceptors (Lipinski definition) is 4. The third-order valence-electron chi connectivity index (χ3n) is 5.17. The van der Waals surface area contributed by atoms with Crippen molar-refractivity contribution < 1.29 is 14.3 Å². The van der Waals surface area contributed by atoms with E-state index in [0.717, 1.165) is 16.7 Å². The van der Waals surface area contributed by atoms with Gasteiger partial charge in [0.1, 0.15) is 5.92 Å². The molecule has 2 amide bonds. The van der Waals surface area contributed by atoms with Crippen LogP contribution in [0.2, 0.25) is 5.02 Å². The van der Waals surface area contributed by atoms with Crippen LogP contribution in [0, 0.1) is 0 Å². The van der Waals surface area contributed by atoms with Gasteiger partial charge in [0.15, 0.2) is 0 Å². The zero-order valence-electron chi connectivity index (χ0n) is 15.2. The smallest absolute Gasteiger partial charge is 0.261 e. The van der Waals surface area contributed by atoms with Crippen LogP contribution in [-0.2, 0) is 20.7 Å². The highest BCUT2D eigenvalue weighted by Gasteiger charge is 2.52. The Bertz CT molecular complexity index is 862. The Morgan fingerprint density at radius 1 is 1.04 bits per heavy atom. The van der Waals surface area contributed by atoms with Gasteiger partial charge in [-0.1, -0.05) is 54.9 Å². The lowest BCUT2D eigenvalue weighted by Crippen LogP contribution is -2.65. The van der Waals surface area contributed by atoms with Crippen molar-refractivity contribution in [3.8, 4) is 11.1 Å². The van der Waals surface area contributed by atoms with E-state index in [-0.39, 0.29) is 11.8 Å². The number of imide groups is 1.